The van der Waals surface area contributed by atoms with Crippen molar-refractivity contribution < 1.29 is 19.1 Å². The van der Waals surface area contributed by atoms with Crippen LogP contribution in [0.3, 0.4) is 0 Å². The summed E-state index contributed by atoms with van der Waals surface area (Å²) in [4.78, 5) is 26.3. The summed E-state index contributed by atoms with van der Waals surface area (Å²) in [6, 6.07) is 16.2. The lowest BCUT2D eigenvalue weighted by Crippen LogP contribution is -2.26. The van der Waals surface area contributed by atoms with Gasteiger partial charge in [0.05, 0.1) is 30.3 Å². The number of anilines is 1. The number of benzene rings is 2. The van der Waals surface area contributed by atoms with Crippen molar-refractivity contribution in [2.24, 2.45) is 5.92 Å². The number of nitrogens with zero attached hydrogens (tertiary/aromatic N) is 2. The number of amides is 1. The van der Waals surface area contributed by atoms with E-state index in [0.717, 1.165) is 0 Å². The van der Waals surface area contributed by atoms with Gasteiger partial charge in [0.15, 0.2) is 0 Å². The SMILES string of the molecule is COc1ccccc1N1C[C@H](C(=O)OCc2ccccc2C#N)CC1=O. The van der Waals surface area contributed by atoms with Gasteiger partial charge in [-0.3, -0.25) is 9.59 Å². The van der Waals surface area contributed by atoms with Crippen LogP contribution < -0.4 is 9.64 Å². The molecule has 0 aromatic heterocycles. The molecule has 2 aromatic rings. The summed E-state index contributed by atoms with van der Waals surface area (Å²) in [5.74, 6) is -0.545. The second kappa shape index (κ2) is 7.70. The molecule has 3 rings (SSSR count). The third-order valence-electron chi connectivity index (χ3n) is 4.34. The molecule has 0 radical (unpaired) electrons. The van der Waals surface area contributed by atoms with Gasteiger partial charge in [0.25, 0.3) is 0 Å². The van der Waals surface area contributed by atoms with Crippen LogP contribution in [0.1, 0.15) is 17.5 Å². The van der Waals surface area contributed by atoms with Gasteiger partial charge in [0.2, 0.25) is 5.91 Å². The van der Waals surface area contributed by atoms with Crippen molar-refractivity contribution >= 4 is 17.6 Å². The number of carbonyl (C=O) groups excluding carboxylic acids is 2. The number of rotatable bonds is 5. The molecule has 1 aliphatic heterocycles. The summed E-state index contributed by atoms with van der Waals surface area (Å²) >= 11 is 0. The van der Waals surface area contributed by atoms with E-state index in [4.69, 9.17) is 14.7 Å². The molecule has 0 N–H and O–H groups in total. The van der Waals surface area contributed by atoms with Crippen LogP contribution in [0.2, 0.25) is 0 Å². The predicted molar refractivity (Wildman–Crippen MR) is 94.4 cm³/mol. The fourth-order valence-electron chi connectivity index (χ4n) is 2.97. The van der Waals surface area contributed by atoms with Gasteiger partial charge in [-0.2, -0.15) is 5.26 Å². The van der Waals surface area contributed by atoms with E-state index in [1.165, 1.54) is 7.11 Å². The van der Waals surface area contributed by atoms with Gasteiger partial charge in [0, 0.05) is 18.5 Å². The first-order valence-corrected chi connectivity index (χ1v) is 8.22. The fraction of sp³-hybridized carbons (Fsp3) is 0.250. The lowest BCUT2D eigenvalue weighted by molar-refractivity contribution is -0.149. The Morgan fingerprint density at radius 3 is 2.73 bits per heavy atom. The lowest BCUT2D eigenvalue weighted by Gasteiger charge is -2.19. The molecule has 1 heterocycles. The Bertz CT molecular complexity index is 872. The monoisotopic (exact) mass is 350 g/mol. The number of hydrogen-bond acceptors (Lipinski definition) is 5. The molecule has 0 bridgehead atoms. The molecular weight excluding hydrogens is 332 g/mol. The lowest BCUT2D eigenvalue weighted by atomic mass is 10.1. The van der Waals surface area contributed by atoms with Crippen molar-refractivity contribution in [1.29, 1.82) is 5.26 Å². The Kier molecular flexibility index (Phi) is 5.18. The maximum Gasteiger partial charge on any atom is 0.311 e. The van der Waals surface area contributed by atoms with E-state index in [9.17, 15) is 9.59 Å². The second-order valence-electron chi connectivity index (χ2n) is 5.95. The van der Waals surface area contributed by atoms with Gasteiger partial charge in [-0.15, -0.1) is 0 Å². The quantitative estimate of drug-likeness (QED) is 0.775. The first-order valence-electron chi connectivity index (χ1n) is 8.22. The van der Waals surface area contributed by atoms with E-state index in [0.29, 0.717) is 22.6 Å². The number of nitriles is 1. The van der Waals surface area contributed by atoms with Crippen LogP contribution in [-0.2, 0) is 20.9 Å². The highest BCUT2D eigenvalue weighted by Gasteiger charge is 2.37. The summed E-state index contributed by atoms with van der Waals surface area (Å²) in [5, 5.41) is 9.09. The molecule has 6 nitrogen and oxygen atoms in total. The Morgan fingerprint density at radius 2 is 1.96 bits per heavy atom. The van der Waals surface area contributed by atoms with Crippen molar-refractivity contribution in [1.82, 2.24) is 0 Å². The van der Waals surface area contributed by atoms with E-state index < -0.39 is 11.9 Å². The molecule has 0 saturated carbocycles. The van der Waals surface area contributed by atoms with Crippen LogP contribution >= 0.6 is 0 Å². The van der Waals surface area contributed by atoms with Crippen LogP contribution in [0, 0.1) is 17.2 Å². The highest BCUT2D eigenvalue weighted by Crippen LogP contribution is 2.33. The topological polar surface area (TPSA) is 79.6 Å². The number of ether oxygens (including phenoxy) is 2. The zero-order valence-electron chi connectivity index (χ0n) is 14.3. The highest BCUT2D eigenvalue weighted by molar-refractivity contribution is 6.00. The van der Waals surface area contributed by atoms with Crippen molar-refractivity contribution in [3.8, 4) is 11.8 Å². The second-order valence-corrected chi connectivity index (χ2v) is 5.95. The van der Waals surface area contributed by atoms with Crippen LogP contribution in [0.4, 0.5) is 5.69 Å². The Hall–Kier alpha value is -3.33. The maximum absolute atomic E-state index is 12.4. The average Bonchev–Trinajstić information content (AvgIpc) is 3.07. The highest BCUT2D eigenvalue weighted by atomic mass is 16.5. The summed E-state index contributed by atoms with van der Waals surface area (Å²) in [5.41, 5.74) is 1.76. The van der Waals surface area contributed by atoms with E-state index in [-0.39, 0.29) is 25.5 Å². The number of carbonyl (C=O) groups is 2. The zero-order chi connectivity index (χ0) is 18.5. The number of hydrogen-bond donors (Lipinski definition) is 0. The number of para-hydroxylation sites is 2. The first-order chi connectivity index (χ1) is 12.6. The van der Waals surface area contributed by atoms with Crippen LogP contribution in [-0.4, -0.2) is 25.5 Å². The molecule has 6 heteroatoms. The molecule has 1 fully saturated rings. The normalized spacial score (nSPS) is 16.2. The minimum atomic E-state index is -0.540. The Morgan fingerprint density at radius 1 is 1.23 bits per heavy atom. The summed E-state index contributed by atoms with van der Waals surface area (Å²) in [7, 11) is 1.54. The van der Waals surface area contributed by atoms with Gasteiger partial charge in [-0.25, -0.2) is 0 Å². The van der Waals surface area contributed by atoms with E-state index in [1.54, 1.807) is 41.3 Å². The Balaban J connectivity index is 1.67. The molecule has 132 valence electrons. The van der Waals surface area contributed by atoms with Crippen LogP contribution in [0.15, 0.2) is 48.5 Å². The first kappa shape index (κ1) is 17.5. The largest absolute Gasteiger partial charge is 0.495 e. The number of methoxy groups -OCH3 is 1. The summed E-state index contributed by atoms with van der Waals surface area (Å²) in [6.07, 6.45) is 0.0940. The van der Waals surface area contributed by atoms with Crippen molar-refractivity contribution in [3.05, 3.63) is 59.7 Å². The molecule has 1 amide bonds. The standard InChI is InChI=1S/C20H18N2O4/c1-25-18-9-5-4-8-17(18)22-12-16(10-19(22)23)20(24)26-13-15-7-3-2-6-14(15)11-21/h2-9,16H,10,12-13H2,1H3/t16-/m1/s1. The van der Waals surface area contributed by atoms with E-state index in [1.807, 2.05) is 12.1 Å². The van der Waals surface area contributed by atoms with Gasteiger partial charge in [0.1, 0.15) is 12.4 Å². The minimum Gasteiger partial charge on any atom is -0.495 e. The van der Waals surface area contributed by atoms with Crippen molar-refractivity contribution in [2.45, 2.75) is 13.0 Å². The molecule has 0 unspecified atom stereocenters. The van der Waals surface area contributed by atoms with Gasteiger partial charge in [-0.05, 0) is 18.2 Å². The van der Waals surface area contributed by atoms with Crippen molar-refractivity contribution in [2.75, 3.05) is 18.6 Å². The molecule has 1 atom stereocenters. The molecule has 0 spiro atoms. The fourth-order valence-corrected chi connectivity index (χ4v) is 2.97. The van der Waals surface area contributed by atoms with E-state index >= 15 is 0 Å². The molecule has 0 aliphatic carbocycles. The van der Waals surface area contributed by atoms with Crippen molar-refractivity contribution in [3.63, 3.8) is 0 Å². The number of esters is 1. The summed E-state index contributed by atoms with van der Waals surface area (Å²) < 4.78 is 10.6. The van der Waals surface area contributed by atoms with Gasteiger partial charge >= 0.3 is 5.97 Å². The van der Waals surface area contributed by atoms with Gasteiger partial charge in [-0.1, -0.05) is 30.3 Å². The smallest absolute Gasteiger partial charge is 0.311 e. The molecular formula is C20H18N2O4. The van der Waals surface area contributed by atoms with E-state index in [2.05, 4.69) is 6.07 Å². The molecule has 2 aromatic carbocycles. The summed E-state index contributed by atoms with van der Waals surface area (Å²) in [6.45, 7) is 0.264. The van der Waals surface area contributed by atoms with Crippen LogP contribution in [0.5, 0.6) is 5.75 Å². The predicted octanol–water partition coefficient (Wildman–Crippen LogP) is 2.66. The third kappa shape index (κ3) is 3.52. The maximum atomic E-state index is 12.4. The average molecular weight is 350 g/mol. The Labute approximate surface area is 151 Å². The van der Waals surface area contributed by atoms with Crippen LogP contribution in [0.25, 0.3) is 0 Å². The molecule has 1 aliphatic rings. The zero-order valence-corrected chi connectivity index (χ0v) is 14.3. The minimum absolute atomic E-state index is 0.0158. The third-order valence-corrected chi connectivity index (χ3v) is 4.34. The molecule has 1 saturated heterocycles. The van der Waals surface area contributed by atoms with Gasteiger partial charge < -0.3 is 14.4 Å². The molecule has 26 heavy (non-hydrogen) atoms.